The first-order valence-corrected chi connectivity index (χ1v) is 24.7. The van der Waals surface area contributed by atoms with E-state index in [0.717, 1.165) is 50.1 Å². The first kappa shape index (κ1) is 38.7. The van der Waals surface area contributed by atoms with Gasteiger partial charge in [-0.25, -0.2) is 0 Å². The van der Waals surface area contributed by atoms with E-state index in [1.54, 1.807) is 0 Å². The largest absolute Gasteiger partial charge is 0.455 e. The maximum absolute atomic E-state index is 6.99. The summed E-state index contributed by atoms with van der Waals surface area (Å²) in [7, 11) is 0. The summed E-state index contributed by atoms with van der Waals surface area (Å²) in [5.41, 5.74) is 16.9. The zero-order chi connectivity index (χ0) is 46.4. The number of para-hydroxylation sites is 2. The van der Waals surface area contributed by atoms with Gasteiger partial charge in [-0.05, 0) is 141 Å². The molecule has 13 aromatic carbocycles. The van der Waals surface area contributed by atoms with Crippen LogP contribution in [0.1, 0.15) is 22.3 Å². The molecule has 0 atom stereocenters. The van der Waals surface area contributed by atoms with E-state index >= 15 is 0 Å². The molecule has 328 valence electrons. The molecule has 0 bridgehead atoms. The van der Waals surface area contributed by atoms with Crippen LogP contribution in [-0.4, -0.2) is 0 Å². The maximum atomic E-state index is 6.99. The van der Waals surface area contributed by atoms with Crippen LogP contribution in [0.2, 0.25) is 0 Å². The van der Waals surface area contributed by atoms with Gasteiger partial charge in [-0.1, -0.05) is 206 Å². The Kier molecular flexibility index (Phi) is 7.85. The second-order valence-corrected chi connectivity index (χ2v) is 19.4. The number of anilines is 3. The Morgan fingerprint density at radius 1 is 0.268 bits per heavy atom. The molecule has 0 N–H and O–H groups in total. The van der Waals surface area contributed by atoms with Crippen LogP contribution in [0, 0.1) is 0 Å². The van der Waals surface area contributed by atoms with Crippen molar-refractivity contribution in [3.8, 4) is 33.4 Å². The van der Waals surface area contributed by atoms with Crippen LogP contribution in [0.5, 0.6) is 0 Å². The molecule has 0 amide bonds. The first-order valence-electron chi connectivity index (χ1n) is 24.7. The fraction of sp³-hybridized carbons (Fsp3) is 0.0145. The SMILES string of the molecule is c1ccc2c(c1)-c1ccccc1C21c2ccccc2-c2cc(-c3cccc4c3oc3ccccc34)c(N(c3ccc4c(ccc5ccccc54)c3)c3ccc4c5ccccc5c5ccccc5c4c3)cc21. The van der Waals surface area contributed by atoms with Crippen LogP contribution in [0.4, 0.5) is 17.1 Å². The van der Waals surface area contributed by atoms with Gasteiger partial charge in [-0.2, -0.15) is 0 Å². The third-order valence-corrected chi connectivity index (χ3v) is 16.0. The van der Waals surface area contributed by atoms with Gasteiger partial charge in [0.15, 0.2) is 0 Å². The van der Waals surface area contributed by atoms with Crippen LogP contribution in [0.15, 0.2) is 253 Å². The van der Waals surface area contributed by atoms with E-state index in [2.05, 4.69) is 254 Å². The number of nitrogens with zero attached hydrogens (tertiary/aromatic N) is 1. The van der Waals surface area contributed by atoms with Crippen LogP contribution >= 0.6 is 0 Å². The number of rotatable bonds is 4. The van der Waals surface area contributed by atoms with Crippen molar-refractivity contribution in [1.82, 2.24) is 0 Å². The Hall–Kier alpha value is -9.24. The van der Waals surface area contributed by atoms with Crippen molar-refractivity contribution in [2.45, 2.75) is 5.41 Å². The van der Waals surface area contributed by atoms with E-state index in [-0.39, 0.29) is 0 Å². The molecule has 1 aromatic heterocycles. The molecule has 2 nitrogen and oxygen atoms in total. The predicted molar refractivity (Wildman–Crippen MR) is 298 cm³/mol. The highest BCUT2D eigenvalue weighted by Gasteiger charge is 2.52. The van der Waals surface area contributed by atoms with Crippen LogP contribution in [0.3, 0.4) is 0 Å². The van der Waals surface area contributed by atoms with Gasteiger partial charge in [-0.15, -0.1) is 0 Å². The molecule has 16 rings (SSSR count). The van der Waals surface area contributed by atoms with Gasteiger partial charge in [0.25, 0.3) is 0 Å². The second kappa shape index (κ2) is 14.4. The minimum Gasteiger partial charge on any atom is -0.455 e. The second-order valence-electron chi connectivity index (χ2n) is 19.4. The van der Waals surface area contributed by atoms with Gasteiger partial charge in [0, 0.05) is 33.3 Å². The highest BCUT2D eigenvalue weighted by atomic mass is 16.3. The summed E-state index contributed by atoms with van der Waals surface area (Å²) in [6.45, 7) is 0. The average Bonchev–Trinajstić information content (AvgIpc) is 4.07. The molecular weight excluding hydrogens is 859 g/mol. The van der Waals surface area contributed by atoms with E-state index in [1.807, 2.05) is 0 Å². The van der Waals surface area contributed by atoms with E-state index in [9.17, 15) is 0 Å². The van der Waals surface area contributed by atoms with Gasteiger partial charge in [0.2, 0.25) is 0 Å². The minimum atomic E-state index is -0.551. The van der Waals surface area contributed by atoms with Gasteiger partial charge in [-0.3, -0.25) is 0 Å². The van der Waals surface area contributed by atoms with Crippen molar-refractivity contribution < 1.29 is 4.42 Å². The summed E-state index contributed by atoms with van der Waals surface area (Å²) in [6, 6.07) is 92.7. The van der Waals surface area contributed by atoms with Crippen molar-refractivity contribution in [3.63, 3.8) is 0 Å². The molecular formula is C69H41NO. The fourth-order valence-corrected chi connectivity index (χ4v) is 13.1. The molecule has 2 heteroatoms. The van der Waals surface area contributed by atoms with Gasteiger partial charge >= 0.3 is 0 Å². The Morgan fingerprint density at radius 2 is 0.746 bits per heavy atom. The zero-order valence-corrected chi connectivity index (χ0v) is 38.5. The fourth-order valence-electron chi connectivity index (χ4n) is 13.1. The summed E-state index contributed by atoms with van der Waals surface area (Å²) in [5, 5.41) is 14.6. The Balaban J connectivity index is 1.07. The molecule has 71 heavy (non-hydrogen) atoms. The molecule has 0 aliphatic heterocycles. The molecule has 2 aliphatic rings. The molecule has 0 radical (unpaired) electrons. The lowest BCUT2D eigenvalue weighted by Gasteiger charge is -2.33. The Bertz CT molecular complexity index is 4530. The first-order chi connectivity index (χ1) is 35.2. The highest BCUT2D eigenvalue weighted by molar-refractivity contribution is 6.26. The van der Waals surface area contributed by atoms with E-state index < -0.39 is 5.41 Å². The summed E-state index contributed by atoms with van der Waals surface area (Å²) in [5.74, 6) is 0. The maximum Gasteiger partial charge on any atom is 0.143 e. The van der Waals surface area contributed by atoms with Crippen molar-refractivity contribution in [2.75, 3.05) is 4.90 Å². The third-order valence-electron chi connectivity index (χ3n) is 16.0. The average molecular weight is 900 g/mol. The van der Waals surface area contributed by atoms with Gasteiger partial charge in [0.1, 0.15) is 11.2 Å². The molecule has 0 saturated carbocycles. The van der Waals surface area contributed by atoms with Crippen LogP contribution < -0.4 is 4.90 Å². The minimum absolute atomic E-state index is 0.551. The van der Waals surface area contributed by atoms with Crippen molar-refractivity contribution >= 4 is 92.9 Å². The van der Waals surface area contributed by atoms with E-state index in [0.29, 0.717) is 0 Å². The lowest BCUT2D eigenvalue weighted by Crippen LogP contribution is -2.26. The van der Waals surface area contributed by atoms with E-state index in [1.165, 1.54) is 98.4 Å². The highest BCUT2D eigenvalue weighted by Crippen LogP contribution is 2.64. The van der Waals surface area contributed by atoms with Crippen molar-refractivity contribution in [1.29, 1.82) is 0 Å². The van der Waals surface area contributed by atoms with E-state index in [4.69, 9.17) is 4.42 Å². The Morgan fingerprint density at radius 3 is 1.44 bits per heavy atom. The molecule has 2 aliphatic carbocycles. The number of benzene rings is 13. The molecule has 0 unspecified atom stereocenters. The molecule has 0 fully saturated rings. The van der Waals surface area contributed by atoms with Crippen LogP contribution in [0.25, 0.3) is 109 Å². The lowest BCUT2D eigenvalue weighted by atomic mass is 9.70. The van der Waals surface area contributed by atoms with Crippen molar-refractivity contribution in [3.05, 3.63) is 271 Å². The number of hydrogen-bond donors (Lipinski definition) is 0. The smallest absolute Gasteiger partial charge is 0.143 e. The van der Waals surface area contributed by atoms with Crippen LogP contribution in [-0.2, 0) is 5.41 Å². The summed E-state index contributed by atoms with van der Waals surface area (Å²) >= 11 is 0. The summed E-state index contributed by atoms with van der Waals surface area (Å²) in [6.07, 6.45) is 0. The Labute approximate surface area is 409 Å². The molecule has 1 spiro atoms. The zero-order valence-electron chi connectivity index (χ0n) is 38.5. The molecule has 0 saturated heterocycles. The standard InChI is InChI=1S/C69H41NO/c1-2-17-46-42(16-1)32-33-43-38-44(34-36-47(43)46)70(45-35-37-52-50-20-4-3-18-48(50)49-19-5-6-21-51(49)59(52)39-45)66-41-65-60(40-61(66)58-27-15-26-57-56-25-10-14-31-67(56)71-68(57)58)55-24-9-13-30-64(55)69(65)62-28-11-7-22-53(62)54-23-8-12-29-63(54)69/h1-41H. The number of fused-ring (bicyclic) bond motifs is 22. The quantitative estimate of drug-likeness (QED) is 0.164. The van der Waals surface area contributed by atoms with Gasteiger partial charge in [0.05, 0.1) is 11.1 Å². The van der Waals surface area contributed by atoms with Crippen molar-refractivity contribution in [2.24, 2.45) is 0 Å². The molecule has 14 aromatic rings. The monoisotopic (exact) mass is 899 g/mol. The summed E-state index contributed by atoms with van der Waals surface area (Å²) < 4.78 is 6.99. The topological polar surface area (TPSA) is 16.4 Å². The van der Waals surface area contributed by atoms with Gasteiger partial charge < -0.3 is 9.32 Å². The predicted octanol–water partition coefficient (Wildman–Crippen LogP) is 18.8. The third kappa shape index (κ3) is 5.21. The normalized spacial score (nSPS) is 13.2. The number of hydrogen-bond acceptors (Lipinski definition) is 2. The lowest BCUT2D eigenvalue weighted by molar-refractivity contribution is 0.670. The summed E-state index contributed by atoms with van der Waals surface area (Å²) in [4.78, 5) is 2.54. The molecule has 1 heterocycles. The number of furan rings is 1.